The highest BCUT2D eigenvalue weighted by atomic mass is 35.5. The number of phenolic OH excluding ortho intramolecular Hbond substituents is 1. The van der Waals surface area contributed by atoms with Crippen LogP contribution in [0.5, 0.6) is 5.75 Å². The van der Waals surface area contributed by atoms with Crippen molar-refractivity contribution >= 4 is 39.0 Å². The summed E-state index contributed by atoms with van der Waals surface area (Å²) in [5.41, 5.74) is 0.357. The molecule has 2 aromatic carbocycles. The molecule has 0 radical (unpaired) electrons. The Kier molecular flexibility index (Phi) is 5.35. The van der Waals surface area contributed by atoms with Gasteiger partial charge in [0, 0.05) is 36.4 Å². The lowest BCUT2D eigenvalue weighted by Gasteiger charge is -2.27. The third-order valence-corrected chi connectivity index (χ3v) is 7.84. The van der Waals surface area contributed by atoms with Gasteiger partial charge in [0.2, 0.25) is 10.0 Å². The van der Waals surface area contributed by atoms with Crippen LogP contribution in [0.25, 0.3) is 0 Å². The molecular formula is C19H20ClFN4O4S. The van der Waals surface area contributed by atoms with Crippen molar-refractivity contribution < 1.29 is 22.7 Å². The Morgan fingerprint density at radius 1 is 1.27 bits per heavy atom. The highest BCUT2D eigenvalue weighted by molar-refractivity contribution is 7.89. The fraction of sp³-hybridized carbons (Fsp3) is 0.316. The molecule has 2 bridgehead atoms. The highest BCUT2D eigenvalue weighted by Crippen LogP contribution is 2.41. The van der Waals surface area contributed by atoms with Crippen LogP contribution in [-0.2, 0) is 10.0 Å². The number of halogens is 2. The van der Waals surface area contributed by atoms with Crippen LogP contribution in [0.3, 0.4) is 0 Å². The van der Waals surface area contributed by atoms with Crippen LogP contribution in [0.1, 0.15) is 12.0 Å². The Morgan fingerprint density at radius 3 is 2.67 bits per heavy atom. The van der Waals surface area contributed by atoms with Crippen molar-refractivity contribution in [1.82, 2.24) is 9.62 Å². The van der Waals surface area contributed by atoms with Gasteiger partial charge >= 0.3 is 6.03 Å². The first-order valence-electron chi connectivity index (χ1n) is 9.28. The minimum atomic E-state index is -4.07. The molecule has 2 saturated heterocycles. The van der Waals surface area contributed by atoms with Crippen molar-refractivity contribution in [2.24, 2.45) is 0 Å². The largest absolute Gasteiger partial charge is 0.504 e. The number of benzene rings is 2. The fourth-order valence-electron chi connectivity index (χ4n) is 3.85. The Labute approximate surface area is 178 Å². The van der Waals surface area contributed by atoms with E-state index in [9.17, 15) is 22.7 Å². The molecule has 2 aliphatic heterocycles. The molecule has 2 amide bonds. The van der Waals surface area contributed by atoms with Crippen molar-refractivity contribution in [1.29, 1.82) is 0 Å². The van der Waals surface area contributed by atoms with E-state index in [0.717, 1.165) is 0 Å². The molecule has 30 heavy (non-hydrogen) atoms. The molecule has 2 aliphatic rings. The molecule has 2 atom stereocenters. The Balaban J connectivity index is 1.60. The van der Waals surface area contributed by atoms with Gasteiger partial charge in [0.05, 0.1) is 10.7 Å². The monoisotopic (exact) mass is 454 g/mol. The molecule has 4 rings (SSSR count). The summed E-state index contributed by atoms with van der Waals surface area (Å²) < 4.78 is 41.3. The number of urea groups is 1. The van der Waals surface area contributed by atoms with Gasteiger partial charge in [-0.15, -0.1) is 0 Å². The molecule has 160 valence electrons. The molecule has 0 unspecified atom stereocenters. The number of hydrogen-bond donors (Lipinski definition) is 4. The summed E-state index contributed by atoms with van der Waals surface area (Å²) >= 11 is 6.12. The molecule has 4 N–H and O–H groups in total. The summed E-state index contributed by atoms with van der Waals surface area (Å²) in [6, 6.07) is 5.93. The second kappa shape index (κ2) is 7.69. The molecule has 8 nitrogen and oxygen atoms in total. The highest BCUT2D eigenvalue weighted by Gasteiger charge is 2.45. The number of anilines is 2. The van der Waals surface area contributed by atoms with Crippen molar-refractivity contribution in [3.8, 4) is 5.75 Å². The van der Waals surface area contributed by atoms with Crippen molar-refractivity contribution in [2.75, 3.05) is 23.7 Å². The maximum atomic E-state index is 13.7. The first-order chi connectivity index (χ1) is 14.2. The molecular weight excluding hydrogens is 435 g/mol. The van der Waals surface area contributed by atoms with Gasteiger partial charge in [-0.05, 0) is 37.6 Å². The molecule has 0 aliphatic carbocycles. The minimum Gasteiger partial charge on any atom is -0.504 e. The number of nitrogens with zero attached hydrogens (tertiary/aromatic N) is 1. The predicted octanol–water partition coefficient (Wildman–Crippen LogP) is 2.87. The standard InChI is InChI=1S/C19H20ClFN4O4S/c1-10-14(21)3-2-4-15(10)23-19(27)24-16-6-5-13(20)18(17(16)26)30(28,29)25-9-11-7-12(25)8-22-11/h2-6,11-12,22,26H,7-9H2,1H3,(H2,23,24,27)/t11-,12+/m1/s1. The molecule has 0 aromatic heterocycles. The molecule has 0 saturated carbocycles. The van der Waals surface area contributed by atoms with Crippen LogP contribution in [0, 0.1) is 12.7 Å². The minimum absolute atomic E-state index is 0.0762. The van der Waals surface area contributed by atoms with E-state index in [1.807, 2.05) is 0 Å². The van der Waals surface area contributed by atoms with E-state index >= 15 is 0 Å². The first-order valence-corrected chi connectivity index (χ1v) is 11.1. The average Bonchev–Trinajstić information content (AvgIpc) is 3.32. The number of nitrogens with one attached hydrogen (secondary N) is 3. The van der Waals surface area contributed by atoms with Gasteiger partial charge in [-0.25, -0.2) is 17.6 Å². The summed E-state index contributed by atoms with van der Waals surface area (Å²) in [4.78, 5) is 11.9. The lowest BCUT2D eigenvalue weighted by molar-refractivity contribution is 0.262. The van der Waals surface area contributed by atoms with Crippen molar-refractivity contribution in [3.63, 3.8) is 0 Å². The van der Waals surface area contributed by atoms with Gasteiger partial charge in [0.1, 0.15) is 10.7 Å². The number of amides is 2. The van der Waals surface area contributed by atoms with E-state index in [0.29, 0.717) is 19.5 Å². The quantitative estimate of drug-likeness (QED) is 0.531. The smallest absolute Gasteiger partial charge is 0.323 e. The van der Waals surface area contributed by atoms with Gasteiger partial charge < -0.3 is 21.1 Å². The zero-order valence-electron chi connectivity index (χ0n) is 15.9. The molecule has 2 heterocycles. The maximum Gasteiger partial charge on any atom is 0.323 e. The van der Waals surface area contributed by atoms with E-state index in [1.165, 1.54) is 41.6 Å². The van der Waals surface area contributed by atoms with Gasteiger partial charge in [-0.3, -0.25) is 0 Å². The zero-order valence-corrected chi connectivity index (χ0v) is 17.5. The Morgan fingerprint density at radius 2 is 2.00 bits per heavy atom. The van der Waals surface area contributed by atoms with E-state index in [1.54, 1.807) is 0 Å². The molecule has 2 fully saturated rings. The molecule has 2 aromatic rings. The number of phenols is 1. The number of carbonyl (C=O) groups is 1. The third-order valence-electron chi connectivity index (χ3n) is 5.42. The zero-order chi connectivity index (χ0) is 21.6. The number of fused-ring (bicyclic) bond motifs is 2. The SMILES string of the molecule is Cc1c(F)cccc1NC(=O)Nc1ccc(Cl)c(S(=O)(=O)N2C[C@H]3C[C@H]2CN3)c1O. The van der Waals surface area contributed by atoms with E-state index < -0.39 is 32.5 Å². The van der Waals surface area contributed by atoms with Crippen LogP contribution >= 0.6 is 11.6 Å². The van der Waals surface area contributed by atoms with Crippen LogP contribution in [0.15, 0.2) is 35.2 Å². The Bertz CT molecular complexity index is 1130. The van der Waals surface area contributed by atoms with Gasteiger partial charge in [0.25, 0.3) is 0 Å². The van der Waals surface area contributed by atoms with Crippen LogP contribution in [0.2, 0.25) is 5.02 Å². The van der Waals surface area contributed by atoms with Crippen molar-refractivity contribution in [2.45, 2.75) is 30.3 Å². The summed E-state index contributed by atoms with van der Waals surface area (Å²) in [5, 5.41) is 18.6. The number of piperazine rings is 1. The normalized spacial score (nSPS) is 21.0. The summed E-state index contributed by atoms with van der Waals surface area (Å²) in [7, 11) is -4.07. The first kappa shape index (κ1) is 20.9. The average molecular weight is 455 g/mol. The lowest BCUT2D eigenvalue weighted by Crippen LogP contribution is -2.46. The lowest BCUT2D eigenvalue weighted by atomic mass is 10.2. The number of sulfonamides is 1. The third kappa shape index (κ3) is 3.60. The second-order valence-corrected chi connectivity index (χ2v) is 9.57. The summed E-state index contributed by atoms with van der Waals surface area (Å²) in [6.45, 7) is 2.34. The van der Waals surface area contributed by atoms with Gasteiger partial charge in [-0.1, -0.05) is 17.7 Å². The van der Waals surface area contributed by atoms with E-state index in [4.69, 9.17) is 11.6 Å². The van der Waals surface area contributed by atoms with Crippen LogP contribution in [-0.4, -0.2) is 49.0 Å². The van der Waals surface area contributed by atoms with Gasteiger partial charge in [-0.2, -0.15) is 4.31 Å². The summed E-state index contributed by atoms with van der Waals surface area (Å²) in [5.74, 6) is -1.13. The maximum absolute atomic E-state index is 13.7. The van der Waals surface area contributed by atoms with Crippen LogP contribution < -0.4 is 16.0 Å². The number of hydrogen-bond acceptors (Lipinski definition) is 5. The fourth-order valence-corrected chi connectivity index (χ4v) is 6.12. The van der Waals surface area contributed by atoms with Gasteiger partial charge in [0.15, 0.2) is 5.75 Å². The van der Waals surface area contributed by atoms with Crippen molar-refractivity contribution in [3.05, 3.63) is 46.7 Å². The summed E-state index contributed by atoms with van der Waals surface area (Å²) in [6.07, 6.45) is 0.699. The second-order valence-electron chi connectivity index (χ2n) is 7.33. The number of carbonyl (C=O) groups excluding carboxylic acids is 1. The van der Waals surface area contributed by atoms with Crippen LogP contribution in [0.4, 0.5) is 20.6 Å². The molecule has 11 heteroatoms. The number of aromatic hydroxyl groups is 1. The Hall–Kier alpha value is -2.40. The van der Waals surface area contributed by atoms with E-state index in [2.05, 4.69) is 16.0 Å². The topological polar surface area (TPSA) is 111 Å². The predicted molar refractivity (Wildman–Crippen MR) is 111 cm³/mol. The number of rotatable bonds is 4. The molecule has 0 spiro atoms. The van der Waals surface area contributed by atoms with E-state index in [-0.39, 0.29) is 34.0 Å².